The van der Waals surface area contributed by atoms with E-state index in [1.807, 2.05) is 0 Å². The summed E-state index contributed by atoms with van der Waals surface area (Å²) in [5.41, 5.74) is 4.66. The summed E-state index contributed by atoms with van der Waals surface area (Å²) < 4.78 is 0. The Morgan fingerprint density at radius 1 is 0.870 bits per heavy atom. The van der Waals surface area contributed by atoms with E-state index in [1.165, 1.54) is 69.8 Å². The molecule has 3 rings (SSSR count). The molecule has 0 amide bonds. The average Bonchev–Trinajstić information content (AvgIpc) is 2.63. The van der Waals surface area contributed by atoms with Crippen molar-refractivity contribution >= 4 is 5.57 Å². The van der Waals surface area contributed by atoms with E-state index in [-0.39, 0.29) is 0 Å². The van der Waals surface area contributed by atoms with E-state index in [0.717, 1.165) is 17.8 Å². The van der Waals surface area contributed by atoms with Crippen LogP contribution in [0.25, 0.3) is 5.57 Å². The van der Waals surface area contributed by atoms with Crippen LogP contribution in [0.3, 0.4) is 0 Å². The van der Waals surface area contributed by atoms with Crippen molar-refractivity contribution in [2.24, 2.45) is 11.8 Å². The normalized spacial score (nSPS) is 28.4. The Hall–Kier alpha value is -1.04. The van der Waals surface area contributed by atoms with Gasteiger partial charge in [0.05, 0.1) is 0 Å². The number of rotatable bonds is 5. The monoisotopic (exact) mass is 310 g/mol. The fourth-order valence-electron chi connectivity index (χ4n) is 4.69. The summed E-state index contributed by atoms with van der Waals surface area (Å²) in [7, 11) is 0. The lowest BCUT2D eigenvalue weighted by molar-refractivity contribution is 0.319. The Bertz CT molecular complexity index is 499. The minimum absolute atomic E-state index is 0.820. The van der Waals surface area contributed by atoms with E-state index in [4.69, 9.17) is 0 Å². The van der Waals surface area contributed by atoms with E-state index in [9.17, 15) is 0 Å². The molecule has 0 heteroatoms. The van der Waals surface area contributed by atoms with Crippen molar-refractivity contribution in [1.29, 1.82) is 0 Å². The van der Waals surface area contributed by atoms with Gasteiger partial charge in [0.25, 0.3) is 0 Å². The summed E-state index contributed by atoms with van der Waals surface area (Å²) in [5.74, 6) is 2.76. The molecule has 0 spiro atoms. The van der Waals surface area contributed by atoms with Crippen molar-refractivity contribution < 1.29 is 0 Å². The van der Waals surface area contributed by atoms with Gasteiger partial charge in [0.15, 0.2) is 0 Å². The van der Waals surface area contributed by atoms with E-state index in [2.05, 4.69) is 44.2 Å². The molecule has 0 bridgehead atoms. The van der Waals surface area contributed by atoms with Crippen molar-refractivity contribution in [3.63, 3.8) is 0 Å². The molecule has 0 N–H and O–H groups in total. The second-order valence-corrected chi connectivity index (χ2v) is 7.91. The predicted octanol–water partition coefficient (Wildman–Crippen LogP) is 7.35. The fraction of sp³-hybridized carbons (Fsp3) is 0.652. The third-order valence-corrected chi connectivity index (χ3v) is 6.39. The molecule has 1 unspecified atom stereocenters. The van der Waals surface area contributed by atoms with Gasteiger partial charge in [-0.05, 0) is 79.4 Å². The highest BCUT2D eigenvalue weighted by Crippen LogP contribution is 2.38. The smallest absolute Gasteiger partial charge is 0.0162 e. The minimum atomic E-state index is 0.820. The average molecular weight is 311 g/mol. The molecule has 1 saturated carbocycles. The van der Waals surface area contributed by atoms with Gasteiger partial charge in [0.2, 0.25) is 0 Å². The molecule has 1 aromatic carbocycles. The summed E-state index contributed by atoms with van der Waals surface area (Å²) in [4.78, 5) is 0. The minimum Gasteiger partial charge on any atom is -0.0804 e. The summed E-state index contributed by atoms with van der Waals surface area (Å²) in [6, 6.07) is 9.64. The van der Waals surface area contributed by atoms with E-state index < -0.39 is 0 Å². The molecule has 2 aliphatic carbocycles. The van der Waals surface area contributed by atoms with Crippen molar-refractivity contribution in [1.82, 2.24) is 0 Å². The van der Waals surface area contributed by atoms with Crippen LogP contribution in [0.1, 0.15) is 95.1 Å². The first-order chi connectivity index (χ1) is 11.3. The van der Waals surface area contributed by atoms with Crippen molar-refractivity contribution in [3.8, 4) is 0 Å². The van der Waals surface area contributed by atoms with Gasteiger partial charge in [-0.3, -0.25) is 0 Å². The molecular formula is C23H34. The molecule has 0 heterocycles. The Morgan fingerprint density at radius 2 is 1.61 bits per heavy atom. The summed E-state index contributed by atoms with van der Waals surface area (Å²) in [5, 5.41) is 0. The Labute approximate surface area is 143 Å². The fourth-order valence-corrected chi connectivity index (χ4v) is 4.69. The summed E-state index contributed by atoms with van der Waals surface area (Å²) >= 11 is 0. The maximum absolute atomic E-state index is 2.52. The maximum atomic E-state index is 2.52. The zero-order valence-electron chi connectivity index (χ0n) is 15.2. The molecule has 23 heavy (non-hydrogen) atoms. The van der Waals surface area contributed by atoms with Crippen molar-refractivity contribution in [3.05, 3.63) is 41.5 Å². The zero-order valence-corrected chi connectivity index (χ0v) is 15.2. The largest absolute Gasteiger partial charge is 0.0804 e. The van der Waals surface area contributed by atoms with Crippen LogP contribution in [0, 0.1) is 11.8 Å². The van der Waals surface area contributed by atoms with Crippen LogP contribution in [0.15, 0.2) is 30.3 Å². The highest BCUT2D eigenvalue weighted by Gasteiger charge is 2.21. The second-order valence-electron chi connectivity index (χ2n) is 7.91. The highest BCUT2D eigenvalue weighted by atomic mass is 14.3. The predicted molar refractivity (Wildman–Crippen MR) is 102 cm³/mol. The van der Waals surface area contributed by atoms with Gasteiger partial charge in [0, 0.05) is 0 Å². The molecule has 1 fully saturated rings. The van der Waals surface area contributed by atoms with Crippen molar-refractivity contribution in [2.45, 2.75) is 84.0 Å². The van der Waals surface area contributed by atoms with Crippen LogP contribution >= 0.6 is 0 Å². The molecule has 0 aromatic heterocycles. The Balaban J connectivity index is 1.59. The molecule has 1 atom stereocenters. The van der Waals surface area contributed by atoms with Gasteiger partial charge in [-0.2, -0.15) is 0 Å². The van der Waals surface area contributed by atoms with Crippen LogP contribution in [-0.2, 0) is 0 Å². The first-order valence-corrected chi connectivity index (χ1v) is 10.1. The first-order valence-electron chi connectivity index (χ1n) is 10.1. The molecule has 0 radical (unpaired) electrons. The van der Waals surface area contributed by atoms with Crippen LogP contribution in [-0.4, -0.2) is 0 Å². The molecule has 0 nitrogen and oxygen atoms in total. The standard InChI is InChI=1S/C23H34/c1-3-5-19-8-12-21(13-9-19)23-16-14-22(15-17-23)20-10-6-18(4-2)7-11-20/h12,14-20H,3-11,13H2,1-2H3/t18-,19?,20-. The highest BCUT2D eigenvalue weighted by molar-refractivity contribution is 5.66. The summed E-state index contributed by atoms with van der Waals surface area (Å²) in [6.07, 6.45) is 16.3. The van der Waals surface area contributed by atoms with Gasteiger partial charge < -0.3 is 0 Å². The number of allylic oxidation sites excluding steroid dienone is 2. The Kier molecular flexibility index (Phi) is 5.97. The number of benzene rings is 1. The van der Waals surface area contributed by atoms with Gasteiger partial charge >= 0.3 is 0 Å². The van der Waals surface area contributed by atoms with E-state index in [1.54, 1.807) is 11.1 Å². The quantitative estimate of drug-likeness (QED) is 0.533. The first kappa shape index (κ1) is 16.8. The molecule has 126 valence electrons. The SMILES string of the molecule is CCCC1CC=C(c2ccc([C@H]3CC[C@H](CC)CC3)cc2)CC1. The van der Waals surface area contributed by atoms with Gasteiger partial charge in [0.1, 0.15) is 0 Å². The zero-order chi connectivity index (χ0) is 16.1. The second kappa shape index (κ2) is 8.18. The van der Waals surface area contributed by atoms with Gasteiger partial charge in [-0.15, -0.1) is 0 Å². The van der Waals surface area contributed by atoms with E-state index in [0.29, 0.717) is 0 Å². The van der Waals surface area contributed by atoms with Crippen LogP contribution < -0.4 is 0 Å². The number of hydrogen-bond acceptors (Lipinski definition) is 0. The molecule has 0 aliphatic heterocycles. The molecule has 1 aromatic rings. The lowest BCUT2D eigenvalue weighted by Crippen LogP contribution is -2.12. The lowest BCUT2D eigenvalue weighted by Gasteiger charge is -2.28. The van der Waals surface area contributed by atoms with Crippen LogP contribution in [0.5, 0.6) is 0 Å². The third kappa shape index (κ3) is 4.28. The third-order valence-electron chi connectivity index (χ3n) is 6.39. The van der Waals surface area contributed by atoms with E-state index >= 15 is 0 Å². The topological polar surface area (TPSA) is 0 Å². The summed E-state index contributed by atoms with van der Waals surface area (Å²) in [6.45, 7) is 4.66. The molecular weight excluding hydrogens is 276 g/mol. The van der Waals surface area contributed by atoms with Gasteiger partial charge in [-0.25, -0.2) is 0 Å². The van der Waals surface area contributed by atoms with Crippen LogP contribution in [0.2, 0.25) is 0 Å². The lowest BCUT2D eigenvalue weighted by atomic mass is 9.77. The molecule has 2 aliphatic rings. The van der Waals surface area contributed by atoms with Gasteiger partial charge in [-0.1, -0.05) is 63.5 Å². The van der Waals surface area contributed by atoms with Crippen molar-refractivity contribution in [2.75, 3.05) is 0 Å². The Morgan fingerprint density at radius 3 is 2.17 bits per heavy atom. The maximum Gasteiger partial charge on any atom is -0.0162 e. The van der Waals surface area contributed by atoms with Crippen LogP contribution in [0.4, 0.5) is 0 Å². The molecule has 0 saturated heterocycles. The number of hydrogen-bond donors (Lipinski definition) is 0.